The maximum Gasteiger partial charge on any atom is 0.255 e. The second-order valence-corrected chi connectivity index (χ2v) is 7.06. The highest BCUT2D eigenvalue weighted by atomic mass is 19.2. The van der Waals surface area contributed by atoms with Gasteiger partial charge < -0.3 is 15.3 Å². The summed E-state index contributed by atoms with van der Waals surface area (Å²) in [6.45, 7) is 0.174. The minimum atomic E-state index is -0.989. The molecule has 2 N–H and O–H groups in total. The van der Waals surface area contributed by atoms with E-state index in [1.54, 1.807) is 36.4 Å². The molecule has 0 radical (unpaired) electrons. The van der Waals surface area contributed by atoms with E-state index < -0.39 is 23.6 Å². The van der Waals surface area contributed by atoms with Gasteiger partial charge in [-0.15, -0.1) is 0 Å². The Morgan fingerprint density at radius 3 is 2.40 bits per heavy atom. The van der Waals surface area contributed by atoms with E-state index in [4.69, 9.17) is 0 Å². The molecule has 3 aromatic carbocycles. The predicted octanol–water partition coefficient (Wildman–Crippen LogP) is 3.68. The molecule has 152 valence electrons. The van der Waals surface area contributed by atoms with Crippen LogP contribution in [0, 0.1) is 11.6 Å². The molecule has 0 spiro atoms. The van der Waals surface area contributed by atoms with Crippen molar-refractivity contribution in [1.29, 1.82) is 0 Å². The van der Waals surface area contributed by atoms with Crippen LogP contribution in [0.15, 0.2) is 66.7 Å². The van der Waals surface area contributed by atoms with Crippen molar-refractivity contribution >= 4 is 11.8 Å². The Hall–Kier alpha value is -3.74. The topological polar surface area (TPSA) is 69.6 Å². The Morgan fingerprint density at radius 2 is 1.67 bits per heavy atom. The van der Waals surface area contributed by atoms with Gasteiger partial charge in [0.1, 0.15) is 11.8 Å². The number of aromatic hydroxyl groups is 1. The van der Waals surface area contributed by atoms with Crippen molar-refractivity contribution in [3.8, 4) is 5.75 Å². The number of fused-ring (bicyclic) bond motifs is 1. The van der Waals surface area contributed by atoms with E-state index in [0.717, 1.165) is 17.7 Å². The van der Waals surface area contributed by atoms with Crippen LogP contribution in [-0.2, 0) is 17.9 Å². The zero-order valence-corrected chi connectivity index (χ0v) is 15.8. The van der Waals surface area contributed by atoms with E-state index in [2.05, 4.69) is 5.32 Å². The van der Waals surface area contributed by atoms with Crippen LogP contribution in [0.2, 0.25) is 0 Å². The average molecular weight is 408 g/mol. The molecule has 1 heterocycles. The van der Waals surface area contributed by atoms with Crippen molar-refractivity contribution in [1.82, 2.24) is 10.2 Å². The van der Waals surface area contributed by atoms with Gasteiger partial charge in [-0.2, -0.15) is 0 Å². The number of phenols is 1. The van der Waals surface area contributed by atoms with Crippen LogP contribution in [0.3, 0.4) is 0 Å². The molecule has 30 heavy (non-hydrogen) atoms. The monoisotopic (exact) mass is 408 g/mol. The first-order valence-electron chi connectivity index (χ1n) is 9.33. The van der Waals surface area contributed by atoms with E-state index in [1.807, 2.05) is 0 Å². The first-order valence-corrected chi connectivity index (χ1v) is 9.33. The maximum absolute atomic E-state index is 13.4. The number of rotatable bonds is 5. The van der Waals surface area contributed by atoms with Crippen LogP contribution in [-0.4, -0.2) is 21.8 Å². The number of nitrogens with one attached hydrogen (secondary N) is 1. The van der Waals surface area contributed by atoms with Crippen LogP contribution in [0.4, 0.5) is 8.78 Å². The minimum Gasteiger partial charge on any atom is -0.508 e. The summed E-state index contributed by atoms with van der Waals surface area (Å²) in [7, 11) is 0. The van der Waals surface area contributed by atoms with E-state index in [1.165, 1.54) is 23.1 Å². The lowest BCUT2D eigenvalue weighted by Crippen LogP contribution is -2.38. The largest absolute Gasteiger partial charge is 0.508 e. The average Bonchev–Trinajstić information content (AvgIpc) is 3.02. The molecule has 1 atom stereocenters. The van der Waals surface area contributed by atoms with Gasteiger partial charge in [0.2, 0.25) is 5.91 Å². The summed E-state index contributed by atoms with van der Waals surface area (Å²) in [5.41, 5.74) is 2.20. The van der Waals surface area contributed by atoms with Crippen molar-refractivity contribution in [2.75, 3.05) is 0 Å². The van der Waals surface area contributed by atoms with Gasteiger partial charge in [0.25, 0.3) is 5.91 Å². The minimum absolute atomic E-state index is 0.00403. The van der Waals surface area contributed by atoms with Crippen LogP contribution >= 0.6 is 0 Å². The highest BCUT2D eigenvalue weighted by molar-refractivity contribution is 6.04. The summed E-state index contributed by atoms with van der Waals surface area (Å²) in [5, 5.41) is 12.2. The molecule has 0 saturated carbocycles. The van der Waals surface area contributed by atoms with Gasteiger partial charge in [-0.3, -0.25) is 9.59 Å². The van der Waals surface area contributed by atoms with Gasteiger partial charge in [-0.25, -0.2) is 8.78 Å². The third kappa shape index (κ3) is 3.74. The van der Waals surface area contributed by atoms with Crippen molar-refractivity contribution in [3.63, 3.8) is 0 Å². The second kappa shape index (κ2) is 7.94. The molecule has 1 aliphatic rings. The fraction of sp³-hybridized carbons (Fsp3) is 0.130. The van der Waals surface area contributed by atoms with Crippen molar-refractivity contribution in [2.24, 2.45) is 0 Å². The lowest BCUT2D eigenvalue weighted by molar-refractivity contribution is -0.125. The molecular formula is C23H18F2N2O3. The summed E-state index contributed by atoms with van der Waals surface area (Å²) in [6, 6.07) is 15.8. The fourth-order valence-electron chi connectivity index (χ4n) is 3.55. The van der Waals surface area contributed by atoms with Gasteiger partial charge in [-0.05, 0) is 47.0 Å². The van der Waals surface area contributed by atoms with Gasteiger partial charge in [0.05, 0.1) is 0 Å². The third-order valence-corrected chi connectivity index (χ3v) is 5.05. The Kier molecular flexibility index (Phi) is 5.18. The van der Waals surface area contributed by atoms with Crippen molar-refractivity contribution in [3.05, 3.63) is 101 Å². The van der Waals surface area contributed by atoms with Crippen LogP contribution < -0.4 is 5.32 Å². The van der Waals surface area contributed by atoms with Gasteiger partial charge in [-0.1, -0.05) is 36.4 Å². The standard InChI is InChI=1S/C23H18F2N2O3/c24-19-10-7-15(11-20(19)25)12-26-22(29)21-17-3-1-2-4-18(17)23(30)27(21)13-14-5-8-16(28)9-6-14/h1-11,21,28H,12-13H2,(H,26,29). The number of nitrogens with zero attached hydrogens (tertiary/aromatic N) is 1. The Labute approximate surface area is 171 Å². The lowest BCUT2D eigenvalue weighted by atomic mass is 10.0. The Morgan fingerprint density at radius 1 is 0.967 bits per heavy atom. The summed E-state index contributed by atoms with van der Waals surface area (Å²) in [6.07, 6.45) is 0. The molecule has 2 amide bonds. The van der Waals surface area contributed by atoms with Crippen LogP contribution in [0.5, 0.6) is 5.75 Å². The van der Waals surface area contributed by atoms with Crippen molar-refractivity contribution < 1.29 is 23.5 Å². The summed E-state index contributed by atoms with van der Waals surface area (Å²) in [4.78, 5) is 27.4. The molecule has 1 unspecified atom stereocenters. The smallest absolute Gasteiger partial charge is 0.255 e. The fourth-order valence-corrected chi connectivity index (χ4v) is 3.55. The van der Waals surface area contributed by atoms with E-state index >= 15 is 0 Å². The Balaban J connectivity index is 1.58. The Bertz CT molecular complexity index is 1120. The second-order valence-electron chi connectivity index (χ2n) is 7.06. The molecule has 0 fully saturated rings. The SMILES string of the molecule is O=C(NCc1ccc(F)c(F)c1)C1c2ccccc2C(=O)N1Cc1ccc(O)cc1. The highest BCUT2D eigenvalue weighted by Crippen LogP contribution is 2.35. The van der Waals surface area contributed by atoms with E-state index in [9.17, 15) is 23.5 Å². The number of hydrogen-bond acceptors (Lipinski definition) is 3. The molecule has 0 saturated heterocycles. The zero-order chi connectivity index (χ0) is 21.3. The van der Waals surface area contributed by atoms with Crippen LogP contribution in [0.25, 0.3) is 0 Å². The quantitative estimate of drug-likeness (QED) is 0.677. The molecule has 0 aliphatic carbocycles. The van der Waals surface area contributed by atoms with Gasteiger partial charge in [0, 0.05) is 18.7 Å². The first kappa shape index (κ1) is 19.6. The molecule has 1 aliphatic heterocycles. The molecule has 0 aromatic heterocycles. The number of halogens is 2. The first-order chi connectivity index (χ1) is 14.4. The number of amides is 2. The van der Waals surface area contributed by atoms with Crippen LogP contribution in [0.1, 0.15) is 33.1 Å². The number of benzene rings is 3. The van der Waals surface area contributed by atoms with E-state index in [-0.39, 0.29) is 24.7 Å². The highest BCUT2D eigenvalue weighted by Gasteiger charge is 2.40. The van der Waals surface area contributed by atoms with Gasteiger partial charge in [0.15, 0.2) is 11.6 Å². The third-order valence-electron chi connectivity index (χ3n) is 5.05. The van der Waals surface area contributed by atoms with E-state index in [0.29, 0.717) is 16.7 Å². The molecule has 3 aromatic rings. The summed E-state index contributed by atoms with van der Waals surface area (Å²) < 4.78 is 26.5. The summed E-state index contributed by atoms with van der Waals surface area (Å²) >= 11 is 0. The molecule has 0 bridgehead atoms. The number of phenolic OH excluding ortho intramolecular Hbond substituents is 1. The lowest BCUT2D eigenvalue weighted by Gasteiger charge is -2.25. The van der Waals surface area contributed by atoms with Crippen molar-refractivity contribution in [2.45, 2.75) is 19.1 Å². The normalized spacial score (nSPS) is 15.2. The number of carbonyl (C=O) groups is 2. The number of hydrogen-bond donors (Lipinski definition) is 2. The maximum atomic E-state index is 13.4. The predicted molar refractivity (Wildman–Crippen MR) is 105 cm³/mol. The summed E-state index contributed by atoms with van der Waals surface area (Å²) in [5.74, 6) is -2.53. The zero-order valence-electron chi connectivity index (χ0n) is 15.8. The molecule has 7 heteroatoms. The number of carbonyl (C=O) groups excluding carboxylic acids is 2. The molecular weight excluding hydrogens is 390 g/mol. The molecule has 4 rings (SSSR count). The van der Waals surface area contributed by atoms with Gasteiger partial charge >= 0.3 is 0 Å². The molecule has 5 nitrogen and oxygen atoms in total.